The Morgan fingerprint density at radius 3 is 2.73 bits per heavy atom. The van der Waals surface area contributed by atoms with Crippen LogP contribution in [-0.4, -0.2) is 22.3 Å². The van der Waals surface area contributed by atoms with E-state index in [9.17, 15) is 9.18 Å². The predicted octanol–water partition coefficient (Wildman–Crippen LogP) is 3.20. The molecule has 2 aromatic carbocycles. The Hall–Kier alpha value is -3.15. The lowest BCUT2D eigenvalue weighted by Crippen LogP contribution is -2.23. The molecule has 4 rings (SSSR count). The fourth-order valence-electron chi connectivity index (χ4n) is 2.84. The molecule has 2 heterocycles. The average Bonchev–Trinajstić information content (AvgIpc) is 3.05. The molecule has 0 N–H and O–H groups in total. The van der Waals surface area contributed by atoms with Crippen molar-refractivity contribution >= 4 is 0 Å². The van der Waals surface area contributed by atoms with Crippen LogP contribution in [0.1, 0.15) is 5.56 Å². The van der Waals surface area contributed by atoms with Gasteiger partial charge in [0.25, 0.3) is 11.6 Å². The van der Waals surface area contributed by atoms with Crippen molar-refractivity contribution in [3.63, 3.8) is 0 Å². The number of nitrogens with zero attached hydrogens (tertiary/aromatic N) is 2. The molecule has 0 bridgehead atoms. The van der Waals surface area contributed by atoms with Crippen LogP contribution in [0.3, 0.4) is 0 Å². The van der Waals surface area contributed by atoms with Crippen molar-refractivity contribution in [2.45, 2.75) is 19.6 Å². The molecule has 0 radical (unpaired) electrons. The van der Waals surface area contributed by atoms with Crippen LogP contribution >= 0.6 is 0 Å². The minimum Gasteiger partial charge on any atom is -0.490 e. The lowest BCUT2D eigenvalue weighted by molar-refractivity contribution is 0.143. The molecule has 3 aromatic rings. The molecule has 1 aromatic heterocycles. The second kappa shape index (κ2) is 6.63. The maximum atomic E-state index is 13.7. The number of aromatic nitrogens is 2. The fraction of sp³-hybridized carbons (Fsp3) is 0.200. The Kier molecular flexibility index (Phi) is 4.16. The summed E-state index contributed by atoms with van der Waals surface area (Å²) in [5.41, 5.74) is 2.05. The van der Waals surface area contributed by atoms with Gasteiger partial charge in [0.05, 0.1) is 6.54 Å². The maximum absolute atomic E-state index is 13.7. The van der Waals surface area contributed by atoms with Crippen LogP contribution in [0.5, 0.6) is 11.8 Å². The first kappa shape index (κ1) is 16.3. The van der Waals surface area contributed by atoms with Gasteiger partial charge in [-0.05, 0) is 41.8 Å². The summed E-state index contributed by atoms with van der Waals surface area (Å²) in [5, 5.41) is 0. The number of benzene rings is 2. The van der Waals surface area contributed by atoms with Gasteiger partial charge in [0, 0.05) is 12.3 Å². The molecular weight excluding hydrogens is 335 g/mol. The normalized spacial score (nSPS) is 15.4. The van der Waals surface area contributed by atoms with Gasteiger partial charge in [-0.25, -0.2) is 4.39 Å². The Balaban J connectivity index is 1.39. The van der Waals surface area contributed by atoms with Gasteiger partial charge in [0.15, 0.2) is 6.10 Å². The standard InChI is InChI=1S/C20H17FN2O3/c1-13-2-3-15(10-18(13)21)14-4-6-16(7-5-14)25-12-17-11-23-9-8-19(24)22-20(23)26-17/h2-10,17H,11-12H2,1H3/t17-/m0/s1. The Morgan fingerprint density at radius 1 is 1.19 bits per heavy atom. The van der Waals surface area contributed by atoms with E-state index < -0.39 is 0 Å². The predicted molar refractivity (Wildman–Crippen MR) is 95.0 cm³/mol. The van der Waals surface area contributed by atoms with Crippen LogP contribution in [0.15, 0.2) is 59.5 Å². The molecule has 1 atom stereocenters. The second-order valence-corrected chi connectivity index (χ2v) is 6.24. The molecule has 0 unspecified atom stereocenters. The van der Waals surface area contributed by atoms with Gasteiger partial charge in [-0.2, -0.15) is 4.98 Å². The third-order valence-electron chi connectivity index (χ3n) is 4.32. The molecule has 1 aliphatic heterocycles. The Morgan fingerprint density at radius 2 is 1.96 bits per heavy atom. The first-order valence-corrected chi connectivity index (χ1v) is 8.32. The first-order valence-electron chi connectivity index (χ1n) is 8.32. The van der Waals surface area contributed by atoms with Gasteiger partial charge < -0.3 is 9.47 Å². The van der Waals surface area contributed by atoms with E-state index in [4.69, 9.17) is 9.47 Å². The summed E-state index contributed by atoms with van der Waals surface area (Å²) in [5.74, 6) is 0.483. The van der Waals surface area contributed by atoms with E-state index in [2.05, 4.69) is 4.98 Å². The van der Waals surface area contributed by atoms with Gasteiger partial charge in [-0.15, -0.1) is 0 Å². The van der Waals surface area contributed by atoms with E-state index >= 15 is 0 Å². The summed E-state index contributed by atoms with van der Waals surface area (Å²) in [6.07, 6.45) is 1.47. The smallest absolute Gasteiger partial charge is 0.300 e. The molecule has 0 saturated heterocycles. The van der Waals surface area contributed by atoms with Crippen molar-refractivity contribution < 1.29 is 13.9 Å². The van der Waals surface area contributed by atoms with Crippen LogP contribution in [-0.2, 0) is 6.54 Å². The van der Waals surface area contributed by atoms with E-state index in [-0.39, 0.29) is 17.5 Å². The van der Waals surface area contributed by atoms with Crippen molar-refractivity contribution in [3.05, 3.63) is 76.5 Å². The van der Waals surface area contributed by atoms with E-state index in [1.165, 1.54) is 12.1 Å². The molecule has 0 fully saturated rings. The van der Waals surface area contributed by atoms with Crippen LogP contribution in [0, 0.1) is 12.7 Å². The minimum absolute atomic E-state index is 0.199. The molecule has 0 spiro atoms. The fourth-order valence-corrected chi connectivity index (χ4v) is 2.84. The SMILES string of the molecule is Cc1ccc(-c2ccc(OC[C@@H]3Cn4ccc(=O)nc4O3)cc2)cc1F. The van der Waals surface area contributed by atoms with Gasteiger partial charge in [0.1, 0.15) is 18.2 Å². The third kappa shape index (κ3) is 3.31. The highest BCUT2D eigenvalue weighted by atomic mass is 19.1. The lowest BCUT2D eigenvalue weighted by atomic mass is 10.0. The topological polar surface area (TPSA) is 53.4 Å². The van der Waals surface area contributed by atoms with Gasteiger partial charge in [-0.3, -0.25) is 9.36 Å². The number of halogens is 1. The number of hydrogen-bond donors (Lipinski definition) is 0. The van der Waals surface area contributed by atoms with Gasteiger partial charge >= 0.3 is 0 Å². The van der Waals surface area contributed by atoms with Crippen LogP contribution in [0.2, 0.25) is 0 Å². The molecule has 0 aliphatic carbocycles. The summed E-state index contributed by atoms with van der Waals surface area (Å²) < 4.78 is 26.9. The summed E-state index contributed by atoms with van der Waals surface area (Å²) >= 11 is 0. The molecule has 5 nitrogen and oxygen atoms in total. The number of rotatable bonds is 4. The van der Waals surface area contributed by atoms with E-state index in [1.54, 1.807) is 23.8 Å². The van der Waals surface area contributed by atoms with Crippen molar-refractivity contribution in [1.82, 2.24) is 9.55 Å². The highest BCUT2D eigenvalue weighted by molar-refractivity contribution is 5.64. The van der Waals surface area contributed by atoms with E-state index in [0.717, 1.165) is 11.1 Å². The highest BCUT2D eigenvalue weighted by Gasteiger charge is 2.23. The Bertz CT molecular complexity index is 999. The van der Waals surface area contributed by atoms with Gasteiger partial charge in [-0.1, -0.05) is 24.3 Å². The molecule has 0 saturated carbocycles. The zero-order chi connectivity index (χ0) is 18.1. The van der Waals surface area contributed by atoms with E-state index in [0.29, 0.717) is 30.5 Å². The summed E-state index contributed by atoms with van der Waals surface area (Å²) in [4.78, 5) is 15.1. The molecule has 26 heavy (non-hydrogen) atoms. The number of fused-ring (bicyclic) bond motifs is 1. The third-order valence-corrected chi connectivity index (χ3v) is 4.32. The Labute approximate surface area is 149 Å². The van der Waals surface area contributed by atoms with Crippen molar-refractivity contribution in [2.24, 2.45) is 0 Å². The quantitative estimate of drug-likeness (QED) is 0.724. The molecular formula is C20H17FN2O3. The number of ether oxygens (including phenoxy) is 2. The molecule has 132 valence electrons. The van der Waals surface area contributed by atoms with Crippen molar-refractivity contribution in [2.75, 3.05) is 6.61 Å². The van der Waals surface area contributed by atoms with Crippen LogP contribution in [0.25, 0.3) is 11.1 Å². The second-order valence-electron chi connectivity index (χ2n) is 6.24. The largest absolute Gasteiger partial charge is 0.490 e. The van der Waals surface area contributed by atoms with Crippen LogP contribution < -0.4 is 15.0 Å². The van der Waals surface area contributed by atoms with Gasteiger partial charge in [0.2, 0.25) is 0 Å². The highest BCUT2D eigenvalue weighted by Crippen LogP contribution is 2.25. The zero-order valence-corrected chi connectivity index (χ0v) is 14.2. The monoisotopic (exact) mass is 352 g/mol. The number of aryl methyl sites for hydroxylation is 1. The van der Waals surface area contributed by atoms with Crippen molar-refractivity contribution in [3.8, 4) is 22.9 Å². The molecule has 0 amide bonds. The zero-order valence-electron chi connectivity index (χ0n) is 14.2. The summed E-state index contributed by atoms with van der Waals surface area (Å²) in [6.45, 7) is 2.67. The molecule has 1 aliphatic rings. The number of hydrogen-bond acceptors (Lipinski definition) is 4. The average molecular weight is 352 g/mol. The minimum atomic E-state index is -0.319. The summed E-state index contributed by atoms with van der Waals surface area (Å²) in [6, 6.07) is 14.4. The lowest BCUT2D eigenvalue weighted by Gasteiger charge is -2.11. The summed E-state index contributed by atoms with van der Waals surface area (Å²) in [7, 11) is 0. The molecule has 6 heteroatoms. The van der Waals surface area contributed by atoms with E-state index in [1.807, 2.05) is 30.3 Å². The maximum Gasteiger partial charge on any atom is 0.300 e. The first-order chi connectivity index (χ1) is 12.6. The van der Waals surface area contributed by atoms with Crippen LogP contribution in [0.4, 0.5) is 4.39 Å². The van der Waals surface area contributed by atoms with Crippen molar-refractivity contribution in [1.29, 1.82) is 0 Å².